The van der Waals surface area contributed by atoms with E-state index >= 15 is 0 Å². The van der Waals surface area contributed by atoms with Gasteiger partial charge in [-0.15, -0.1) is 0 Å². The van der Waals surface area contributed by atoms with E-state index in [1.807, 2.05) is 0 Å². The van der Waals surface area contributed by atoms with Crippen LogP contribution in [0.3, 0.4) is 0 Å². The molecular weight excluding hydrogens is 222 g/mol. The molecule has 1 atom stereocenters. The number of unbranched alkanes of at least 4 members (excludes halogenated alkanes) is 5. The van der Waals surface area contributed by atoms with Crippen LogP contribution in [0.1, 0.15) is 85.5 Å². The number of ketones is 1. The number of rotatable bonds is 7. The van der Waals surface area contributed by atoms with Gasteiger partial charge in [-0.3, -0.25) is 4.79 Å². The third-order valence-electron chi connectivity index (χ3n) is 3.95. The first kappa shape index (κ1) is 15.7. The Morgan fingerprint density at radius 3 is 2.22 bits per heavy atom. The van der Waals surface area contributed by atoms with Gasteiger partial charge in [0.2, 0.25) is 0 Å². The Balaban J connectivity index is 2.29. The molecule has 0 saturated carbocycles. The van der Waals surface area contributed by atoms with Crippen LogP contribution in [0.4, 0.5) is 0 Å². The first-order chi connectivity index (χ1) is 8.37. The quantitative estimate of drug-likeness (QED) is 0.688. The van der Waals surface area contributed by atoms with Crippen LogP contribution in [-0.2, 0) is 4.79 Å². The first-order valence-corrected chi connectivity index (χ1v) is 7.68. The average Bonchev–Trinajstić information content (AvgIpc) is 2.19. The van der Waals surface area contributed by atoms with Gasteiger partial charge in [0.05, 0.1) is 0 Å². The molecule has 1 N–H and O–H groups in total. The standard InChI is InChI=1S/C16H31NO/c1-5-6-7-8-9-10-11-16(4)13-14(18)12-15(2,3)17-16/h17H,5-13H2,1-4H3. The summed E-state index contributed by atoms with van der Waals surface area (Å²) in [6.45, 7) is 8.76. The second kappa shape index (κ2) is 6.70. The van der Waals surface area contributed by atoms with Gasteiger partial charge in [-0.05, 0) is 27.2 Å². The van der Waals surface area contributed by atoms with E-state index in [1.165, 1.54) is 38.5 Å². The van der Waals surface area contributed by atoms with Crippen molar-refractivity contribution < 1.29 is 4.79 Å². The highest BCUT2D eigenvalue weighted by atomic mass is 16.1. The van der Waals surface area contributed by atoms with Gasteiger partial charge in [-0.2, -0.15) is 0 Å². The van der Waals surface area contributed by atoms with E-state index in [9.17, 15) is 4.79 Å². The van der Waals surface area contributed by atoms with Crippen molar-refractivity contribution in [3.8, 4) is 0 Å². The van der Waals surface area contributed by atoms with E-state index in [0.29, 0.717) is 18.6 Å². The summed E-state index contributed by atoms with van der Waals surface area (Å²) in [5.41, 5.74) is 0.00981. The minimum absolute atomic E-state index is 0.0215. The summed E-state index contributed by atoms with van der Waals surface area (Å²) in [4.78, 5) is 11.8. The van der Waals surface area contributed by atoms with E-state index in [2.05, 4.69) is 33.0 Å². The van der Waals surface area contributed by atoms with E-state index < -0.39 is 0 Å². The molecule has 0 radical (unpaired) electrons. The van der Waals surface area contributed by atoms with E-state index in [-0.39, 0.29) is 11.1 Å². The molecule has 1 unspecified atom stereocenters. The molecule has 0 bridgehead atoms. The third-order valence-corrected chi connectivity index (χ3v) is 3.95. The lowest BCUT2D eigenvalue weighted by Crippen LogP contribution is -2.59. The second-order valence-electron chi connectivity index (χ2n) is 6.98. The number of hydrogen-bond donors (Lipinski definition) is 1. The average molecular weight is 253 g/mol. The Labute approximate surface area is 113 Å². The van der Waals surface area contributed by atoms with Crippen molar-refractivity contribution in [3.05, 3.63) is 0 Å². The molecule has 2 heteroatoms. The van der Waals surface area contributed by atoms with Gasteiger partial charge in [-0.1, -0.05) is 45.4 Å². The molecule has 106 valence electrons. The van der Waals surface area contributed by atoms with Gasteiger partial charge in [0.15, 0.2) is 0 Å². The molecule has 1 aliphatic heterocycles. The Morgan fingerprint density at radius 2 is 1.61 bits per heavy atom. The summed E-state index contributed by atoms with van der Waals surface area (Å²) in [7, 11) is 0. The van der Waals surface area contributed by atoms with Crippen molar-refractivity contribution in [2.24, 2.45) is 0 Å². The Kier molecular flexibility index (Phi) is 5.84. The second-order valence-corrected chi connectivity index (χ2v) is 6.98. The summed E-state index contributed by atoms with van der Waals surface area (Å²) in [6, 6.07) is 0. The zero-order chi connectivity index (χ0) is 13.6. The number of carbonyl (C=O) groups excluding carboxylic acids is 1. The fourth-order valence-corrected chi connectivity index (χ4v) is 3.34. The fourth-order valence-electron chi connectivity index (χ4n) is 3.34. The molecule has 18 heavy (non-hydrogen) atoms. The normalized spacial score (nSPS) is 27.4. The number of Topliss-reactive ketones (excluding diaryl/α,β-unsaturated/α-hetero) is 1. The topological polar surface area (TPSA) is 29.1 Å². The van der Waals surface area contributed by atoms with E-state index in [0.717, 1.165) is 6.42 Å². The zero-order valence-electron chi connectivity index (χ0n) is 12.8. The molecule has 1 saturated heterocycles. The molecule has 0 aromatic heterocycles. The number of hydrogen-bond acceptors (Lipinski definition) is 2. The summed E-state index contributed by atoms with van der Waals surface area (Å²) in [5, 5.41) is 3.68. The van der Waals surface area contributed by atoms with Gasteiger partial charge in [-0.25, -0.2) is 0 Å². The molecule has 1 fully saturated rings. The lowest BCUT2D eigenvalue weighted by atomic mass is 9.78. The maximum Gasteiger partial charge on any atom is 0.136 e. The lowest BCUT2D eigenvalue weighted by Gasteiger charge is -2.44. The zero-order valence-corrected chi connectivity index (χ0v) is 12.8. The summed E-state index contributed by atoms with van der Waals surface area (Å²) in [5.74, 6) is 0.423. The highest BCUT2D eigenvalue weighted by molar-refractivity contribution is 5.81. The summed E-state index contributed by atoms with van der Waals surface area (Å²) < 4.78 is 0. The smallest absolute Gasteiger partial charge is 0.136 e. The molecule has 1 rings (SSSR count). The maximum absolute atomic E-state index is 11.8. The predicted molar refractivity (Wildman–Crippen MR) is 77.9 cm³/mol. The maximum atomic E-state index is 11.8. The SMILES string of the molecule is CCCCCCCCC1(C)CC(=O)CC(C)(C)N1. The molecule has 2 nitrogen and oxygen atoms in total. The van der Waals surface area contributed by atoms with Crippen LogP contribution >= 0.6 is 0 Å². The van der Waals surface area contributed by atoms with Crippen molar-refractivity contribution in [2.75, 3.05) is 0 Å². The Bertz CT molecular complexity index is 272. The Morgan fingerprint density at radius 1 is 1.00 bits per heavy atom. The van der Waals surface area contributed by atoms with Crippen molar-refractivity contribution in [3.63, 3.8) is 0 Å². The fraction of sp³-hybridized carbons (Fsp3) is 0.938. The van der Waals surface area contributed by atoms with Gasteiger partial charge in [0.1, 0.15) is 5.78 Å². The molecule has 0 aliphatic carbocycles. The van der Waals surface area contributed by atoms with Crippen molar-refractivity contribution in [1.82, 2.24) is 5.32 Å². The van der Waals surface area contributed by atoms with E-state index in [1.54, 1.807) is 0 Å². The van der Waals surface area contributed by atoms with Gasteiger partial charge in [0.25, 0.3) is 0 Å². The Hall–Kier alpha value is -0.370. The summed E-state index contributed by atoms with van der Waals surface area (Å²) in [6.07, 6.45) is 10.5. The van der Waals surface area contributed by atoms with Crippen LogP contribution in [0.25, 0.3) is 0 Å². The van der Waals surface area contributed by atoms with Crippen LogP contribution < -0.4 is 5.32 Å². The van der Waals surface area contributed by atoms with E-state index in [4.69, 9.17) is 0 Å². The third kappa shape index (κ3) is 5.51. The minimum atomic E-state index is -0.0215. The first-order valence-electron chi connectivity index (χ1n) is 7.68. The molecule has 0 aromatic carbocycles. The number of piperidine rings is 1. The van der Waals surface area contributed by atoms with Crippen LogP contribution in [0.2, 0.25) is 0 Å². The van der Waals surface area contributed by atoms with Gasteiger partial charge >= 0.3 is 0 Å². The molecule has 1 heterocycles. The van der Waals surface area contributed by atoms with Crippen LogP contribution in [-0.4, -0.2) is 16.9 Å². The highest BCUT2D eigenvalue weighted by Gasteiger charge is 2.39. The largest absolute Gasteiger partial charge is 0.306 e. The molecule has 1 aliphatic rings. The lowest BCUT2D eigenvalue weighted by molar-refractivity contribution is -0.124. The number of carbonyl (C=O) groups is 1. The van der Waals surface area contributed by atoms with Crippen LogP contribution in [0, 0.1) is 0 Å². The van der Waals surface area contributed by atoms with Gasteiger partial charge < -0.3 is 5.32 Å². The highest BCUT2D eigenvalue weighted by Crippen LogP contribution is 2.30. The molecule has 0 aromatic rings. The number of nitrogens with one attached hydrogen (secondary N) is 1. The molecular formula is C16H31NO. The van der Waals surface area contributed by atoms with Crippen molar-refractivity contribution in [2.45, 2.75) is 96.6 Å². The van der Waals surface area contributed by atoms with Crippen molar-refractivity contribution in [1.29, 1.82) is 0 Å². The minimum Gasteiger partial charge on any atom is -0.306 e. The molecule has 0 spiro atoms. The van der Waals surface area contributed by atoms with Gasteiger partial charge in [0, 0.05) is 23.9 Å². The predicted octanol–water partition coefficient (Wildman–Crippen LogP) is 4.23. The van der Waals surface area contributed by atoms with Crippen molar-refractivity contribution >= 4 is 5.78 Å². The summed E-state index contributed by atoms with van der Waals surface area (Å²) >= 11 is 0. The molecule has 0 amide bonds. The van der Waals surface area contributed by atoms with Crippen LogP contribution in [0.15, 0.2) is 0 Å². The van der Waals surface area contributed by atoms with Crippen LogP contribution in [0.5, 0.6) is 0 Å². The monoisotopic (exact) mass is 253 g/mol.